The minimum atomic E-state index is -0.295. The molecule has 3 aromatic rings. The zero-order chi connectivity index (χ0) is 19.7. The summed E-state index contributed by atoms with van der Waals surface area (Å²) in [5.74, 6) is 2.17. The fraction of sp³-hybridized carbons (Fsp3) is 0.273. The maximum atomic E-state index is 12.7. The van der Waals surface area contributed by atoms with Crippen molar-refractivity contribution in [1.29, 1.82) is 0 Å². The van der Waals surface area contributed by atoms with Gasteiger partial charge in [0, 0.05) is 17.5 Å². The van der Waals surface area contributed by atoms with Crippen molar-refractivity contribution in [3.05, 3.63) is 65.5 Å². The van der Waals surface area contributed by atoms with E-state index in [1.165, 1.54) is 0 Å². The molecular weight excluding hydrogens is 356 g/mol. The van der Waals surface area contributed by atoms with E-state index < -0.39 is 0 Å². The van der Waals surface area contributed by atoms with E-state index in [-0.39, 0.29) is 18.1 Å². The average molecular weight is 378 g/mol. The summed E-state index contributed by atoms with van der Waals surface area (Å²) in [6, 6.07) is 15.4. The first-order chi connectivity index (χ1) is 13.4. The van der Waals surface area contributed by atoms with Crippen LogP contribution >= 0.6 is 0 Å². The van der Waals surface area contributed by atoms with Crippen molar-refractivity contribution in [2.75, 3.05) is 13.3 Å². The Balaban J connectivity index is 1.47. The molecule has 1 aromatic heterocycles. The van der Waals surface area contributed by atoms with E-state index in [0.717, 1.165) is 22.6 Å². The number of benzene rings is 2. The van der Waals surface area contributed by atoms with Gasteiger partial charge in [-0.3, -0.25) is 4.79 Å². The lowest BCUT2D eigenvalue weighted by atomic mass is 9.84. The van der Waals surface area contributed by atoms with Crippen LogP contribution in [0.1, 0.15) is 35.7 Å². The SMILES string of the molecule is Cc1oc(-c2ccccc2)nc1C(=O)NCC(C)(C)c1ccc2c(c1)OCO2. The lowest BCUT2D eigenvalue weighted by molar-refractivity contribution is 0.0940. The number of oxazole rings is 1. The summed E-state index contributed by atoms with van der Waals surface area (Å²) in [4.78, 5) is 17.1. The predicted molar refractivity (Wildman–Crippen MR) is 105 cm³/mol. The number of nitrogens with zero attached hydrogens (tertiary/aromatic N) is 1. The average Bonchev–Trinajstić information content (AvgIpc) is 3.32. The number of carbonyl (C=O) groups excluding carboxylic acids is 1. The van der Waals surface area contributed by atoms with Crippen LogP contribution in [0.2, 0.25) is 0 Å². The third kappa shape index (κ3) is 3.45. The van der Waals surface area contributed by atoms with Gasteiger partial charge in [-0.05, 0) is 36.8 Å². The molecule has 0 spiro atoms. The van der Waals surface area contributed by atoms with Gasteiger partial charge in [-0.1, -0.05) is 38.1 Å². The highest BCUT2D eigenvalue weighted by Gasteiger charge is 2.26. The number of rotatable bonds is 5. The Kier molecular flexibility index (Phi) is 4.55. The first-order valence-electron chi connectivity index (χ1n) is 9.15. The van der Waals surface area contributed by atoms with E-state index in [2.05, 4.69) is 24.1 Å². The van der Waals surface area contributed by atoms with Gasteiger partial charge in [0.15, 0.2) is 17.2 Å². The molecule has 1 aliphatic rings. The minimum Gasteiger partial charge on any atom is -0.454 e. The lowest BCUT2D eigenvalue weighted by Crippen LogP contribution is -2.37. The summed E-state index contributed by atoms with van der Waals surface area (Å²) in [6.07, 6.45) is 0. The number of ether oxygens (including phenoxy) is 2. The molecule has 0 aliphatic carbocycles. The minimum absolute atomic E-state index is 0.241. The number of nitrogens with one attached hydrogen (secondary N) is 1. The van der Waals surface area contributed by atoms with E-state index in [0.29, 0.717) is 23.9 Å². The van der Waals surface area contributed by atoms with Crippen LogP contribution in [0, 0.1) is 6.92 Å². The van der Waals surface area contributed by atoms with E-state index in [1.807, 2.05) is 48.5 Å². The van der Waals surface area contributed by atoms with Gasteiger partial charge in [0.1, 0.15) is 5.76 Å². The molecule has 6 heteroatoms. The second kappa shape index (κ2) is 7.03. The van der Waals surface area contributed by atoms with Gasteiger partial charge >= 0.3 is 0 Å². The maximum Gasteiger partial charge on any atom is 0.273 e. The van der Waals surface area contributed by atoms with E-state index in [1.54, 1.807) is 6.92 Å². The summed E-state index contributed by atoms with van der Waals surface area (Å²) in [6.45, 7) is 6.56. The maximum absolute atomic E-state index is 12.7. The lowest BCUT2D eigenvalue weighted by Gasteiger charge is -2.25. The second-order valence-corrected chi connectivity index (χ2v) is 7.42. The van der Waals surface area contributed by atoms with Crippen molar-refractivity contribution in [3.8, 4) is 23.0 Å². The molecule has 2 heterocycles. The Morgan fingerprint density at radius 2 is 1.86 bits per heavy atom. The zero-order valence-electron chi connectivity index (χ0n) is 16.1. The van der Waals surface area contributed by atoms with Gasteiger partial charge in [0.2, 0.25) is 12.7 Å². The Morgan fingerprint density at radius 3 is 2.64 bits per heavy atom. The van der Waals surface area contributed by atoms with Crippen LogP contribution in [0.15, 0.2) is 52.9 Å². The molecule has 0 saturated carbocycles. The molecule has 0 saturated heterocycles. The van der Waals surface area contributed by atoms with Crippen LogP contribution < -0.4 is 14.8 Å². The molecule has 2 aromatic carbocycles. The molecule has 144 valence electrons. The molecule has 1 aliphatic heterocycles. The van der Waals surface area contributed by atoms with Crippen LogP contribution in [-0.4, -0.2) is 24.2 Å². The van der Waals surface area contributed by atoms with Crippen LogP contribution in [0.3, 0.4) is 0 Å². The van der Waals surface area contributed by atoms with Crippen LogP contribution in [-0.2, 0) is 5.41 Å². The number of carbonyl (C=O) groups is 1. The van der Waals surface area contributed by atoms with Gasteiger partial charge in [-0.25, -0.2) is 4.98 Å². The molecule has 0 fully saturated rings. The van der Waals surface area contributed by atoms with Gasteiger partial charge in [0.25, 0.3) is 5.91 Å². The Morgan fingerprint density at radius 1 is 1.11 bits per heavy atom. The van der Waals surface area contributed by atoms with Crippen molar-refractivity contribution in [1.82, 2.24) is 10.3 Å². The highest BCUT2D eigenvalue weighted by Crippen LogP contribution is 2.36. The molecule has 28 heavy (non-hydrogen) atoms. The molecule has 1 amide bonds. The second-order valence-electron chi connectivity index (χ2n) is 7.42. The van der Waals surface area contributed by atoms with Gasteiger partial charge < -0.3 is 19.2 Å². The topological polar surface area (TPSA) is 73.6 Å². The van der Waals surface area contributed by atoms with Crippen molar-refractivity contribution in [2.45, 2.75) is 26.2 Å². The number of fused-ring (bicyclic) bond motifs is 1. The number of hydrogen-bond acceptors (Lipinski definition) is 5. The fourth-order valence-electron chi connectivity index (χ4n) is 3.12. The van der Waals surface area contributed by atoms with Crippen LogP contribution in [0.5, 0.6) is 11.5 Å². The summed E-state index contributed by atoms with van der Waals surface area (Å²) in [5, 5.41) is 2.98. The Hall–Kier alpha value is -3.28. The van der Waals surface area contributed by atoms with Gasteiger partial charge in [-0.15, -0.1) is 0 Å². The van der Waals surface area contributed by atoms with Crippen LogP contribution in [0.25, 0.3) is 11.5 Å². The largest absolute Gasteiger partial charge is 0.454 e. The van der Waals surface area contributed by atoms with Crippen molar-refractivity contribution < 1.29 is 18.7 Å². The highest BCUT2D eigenvalue weighted by molar-refractivity contribution is 5.93. The molecule has 0 atom stereocenters. The molecule has 0 bridgehead atoms. The molecule has 4 rings (SSSR count). The third-order valence-electron chi connectivity index (χ3n) is 4.88. The normalized spacial score (nSPS) is 12.8. The number of aryl methyl sites for hydroxylation is 1. The van der Waals surface area contributed by atoms with Crippen molar-refractivity contribution >= 4 is 5.91 Å². The highest BCUT2D eigenvalue weighted by atomic mass is 16.7. The van der Waals surface area contributed by atoms with Gasteiger partial charge in [0.05, 0.1) is 0 Å². The van der Waals surface area contributed by atoms with E-state index >= 15 is 0 Å². The van der Waals surface area contributed by atoms with Crippen molar-refractivity contribution in [3.63, 3.8) is 0 Å². The first kappa shape index (κ1) is 18.1. The van der Waals surface area contributed by atoms with Crippen LogP contribution in [0.4, 0.5) is 0 Å². The van der Waals surface area contributed by atoms with E-state index in [9.17, 15) is 4.79 Å². The quantitative estimate of drug-likeness (QED) is 0.724. The monoisotopic (exact) mass is 378 g/mol. The smallest absolute Gasteiger partial charge is 0.273 e. The summed E-state index contributed by atoms with van der Waals surface area (Å²) >= 11 is 0. The third-order valence-corrected chi connectivity index (χ3v) is 4.88. The van der Waals surface area contributed by atoms with Crippen molar-refractivity contribution in [2.24, 2.45) is 0 Å². The standard InChI is InChI=1S/C22H22N2O4/c1-14-19(24-21(28-14)15-7-5-4-6-8-15)20(25)23-12-22(2,3)16-9-10-17-18(11-16)27-13-26-17/h4-11H,12-13H2,1-3H3,(H,23,25). The zero-order valence-corrected chi connectivity index (χ0v) is 16.1. The number of hydrogen-bond donors (Lipinski definition) is 1. The predicted octanol–water partition coefficient (Wildman–Crippen LogP) is 4.09. The molecular formula is C22H22N2O4. The molecule has 1 N–H and O–H groups in total. The summed E-state index contributed by atoms with van der Waals surface area (Å²) in [7, 11) is 0. The summed E-state index contributed by atoms with van der Waals surface area (Å²) in [5.41, 5.74) is 1.90. The van der Waals surface area contributed by atoms with E-state index in [4.69, 9.17) is 13.9 Å². The van der Waals surface area contributed by atoms with Gasteiger partial charge in [-0.2, -0.15) is 0 Å². The number of aromatic nitrogens is 1. The number of amides is 1. The Bertz CT molecular complexity index is 1010. The molecule has 0 radical (unpaired) electrons. The summed E-state index contributed by atoms with van der Waals surface area (Å²) < 4.78 is 16.5. The fourth-order valence-corrected chi connectivity index (χ4v) is 3.12. The first-order valence-corrected chi connectivity index (χ1v) is 9.15. The Labute approximate surface area is 163 Å². The molecule has 0 unspecified atom stereocenters. The molecule has 6 nitrogen and oxygen atoms in total.